The van der Waals surface area contributed by atoms with Gasteiger partial charge in [-0.15, -0.1) is 0 Å². The van der Waals surface area contributed by atoms with Gasteiger partial charge in [-0.05, 0) is 44.0 Å². The summed E-state index contributed by atoms with van der Waals surface area (Å²) >= 11 is 13.0. The minimum absolute atomic E-state index is 0.0706. The van der Waals surface area contributed by atoms with Crippen LogP contribution in [0.5, 0.6) is 0 Å². The Hall–Kier alpha value is -2.60. The Morgan fingerprint density at radius 1 is 1.25 bits per heavy atom. The lowest BCUT2D eigenvalue weighted by molar-refractivity contribution is -0.122. The molecule has 6 nitrogen and oxygen atoms in total. The average molecular weight is 487 g/mol. The first-order valence-electron chi connectivity index (χ1n) is 10.1. The Balaban J connectivity index is 2.12. The maximum atomic E-state index is 13.2. The van der Waals surface area contributed by atoms with Crippen molar-refractivity contribution in [2.24, 2.45) is 7.05 Å². The molecule has 0 atom stereocenters. The number of nitriles is 1. The van der Waals surface area contributed by atoms with Crippen molar-refractivity contribution in [1.82, 2.24) is 9.47 Å². The van der Waals surface area contributed by atoms with Crippen molar-refractivity contribution >= 4 is 57.7 Å². The van der Waals surface area contributed by atoms with Crippen LogP contribution in [0.4, 0.5) is 5.82 Å². The largest absolute Gasteiger partial charge is 0.358 e. The zero-order chi connectivity index (χ0) is 23.6. The number of rotatable bonds is 6. The lowest BCUT2D eigenvalue weighted by Crippen LogP contribution is -2.33. The van der Waals surface area contributed by atoms with Gasteiger partial charge in [0.2, 0.25) is 0 Å². The van der Waals surface area contributed by atoms with Crippen molar-refractivity contribution in [2.45, 2.75) is 27.3 Å². The van der Waals surface area contributed by atoms with Crippen LogP contribution in [0.1, 0.15) is 36.1 Å². The highest BCUT2D eigenvalue weighted by molar-refractivity contribution is 8.26. The normalized spacial score (nSPS) is 14.9. The fraction of sp³-hybridized carbons (Fsp3) is 0.304. The van der Waals surface area contributed by atoms with Gasteiger partial charge < -0.3 is 4.90 Å². The number of hydrogen-bond donors (Lipinski definition) is 0. The number of carbonyl (C=O) groups excluding carboxylic acids is 1. The summed E-state index contributed by atoms with van der Waals surface area (Å²) in [4.78, 5) is 30.0. The van der Waals surface area contributed by atoms with E-state index in [4.69, 9.17) is 23.8 Å². The number of carbonyl (C=O) groups is 1. The standard InChI is InChI=1S/C23H23ClN4O2S2/c1-5-27(6-2)20-16(14(3)17(12-25)21(29)26(20)4)11-19-22(30)28(23(31)32-19)13-15-9-7-8-10-18(15)24/h7-11H,5-6,13H2,1-4H3. The molecule has 2 heterocycles. The highest BCUT2D eigenvalue weighted by Crippen LogP contribution is 2.36. The van der Waals surface area contributed by atoms with Crippen molar-refractivity contribution in [3.05, 3.63) is 66.8 Å². The number of nitrogens with zero attached hydrogens (tertiary/aromatic N) is 4. The molecule has 2 aromatic rings. The highest BCUT2D eigenvalue weighted by Gasteiger charge is 2.33. The van der Waals surface area contributed by atoms with Crippen LogP contribution in [0.25, 0.3) is 6.08 Å². The van der Waals surface area contributed by atoms with Crippen molar-refractivity contribution in [2.75, 3.05) is 18.0 Å². The van der Waals surface area contributed by atoms with Gasteiger partial charge in [-0.3, -0.25) is 19.1 Å². The molecule has 0 bridgehead atoms. The first kappa shape index (κ1) is 24.1. The Kier molecular flexibility index (Phi) is 7.44. The maximum Gasteiger partial charge on any atom is 0.270 e. The van der Waals surface area contributed by atoms with Crippen molar-refractivity contribution in [3.63, 3.8) is 0 Å². The van der Waals surface area contributed by atoms with Crippen LogP contribution < -0.4 is 10.5 Å². The van der Waals surface area contributed by atoms with E-state index in [2.05, 4.69) is 0 Å². The summed E-state index contributed by atoms with van der Waals surface area (Å²) in [5.41, 5.74) is 1.75. The third-order valence-corrected chi connectivity index (χ3v) is 7.21. The van der Waals surface area contributed by atoms with E-state index in [1.54, 1.807) is 26.1 Å². The average Bonchev–Trinajstić information content (AvgIpc) is 3.03. The lowest BCUT2D eigenvalue weighted by Gasteiger charge is -2.27. The molecule has 9 heteroatoms. The van der Waals surface area contributed by atoms with Gasteiger partial charge >= 0.3 is 0 Å². The van der Waals surface area contributed by atoms with E-state index < -0.39 is 0 Å². The smallest absolute Gasteiger partial charge is 0.270 e. The predicted molar refractivity (Wildman–Crippen MR) is 135 cm³/mol. The van der Waals surface area contributed by atoms with Gasteiger partial charge in [0.05, 0.1) is 11.4 Å². The molecule has 0 N–H and O–H groups in total. The zero-order valence-electron chi connectivity index (χ0n) is 18.3. The minimum atomic E-state index is -0.352. The zero-order valence-corrected chi connectivity index (χ0v) is 20.7. The van der Waals surface area contributed by atoms with Crippen LogP contribution in [0, 0.1) is 18.3 Å². The molecule has 1 amide bonds. The number of thioether (sulfide) groups is 1. The van der Waals surface area contributed by atoms with Gasteiger partial charge in [0, 0.05) is 30.7 Å². The number of hydrogen-bond acceptors (Lipinski definition) is 6. The Morgan fingerprint density at radius 3 is 2.50 bits per heavy atom. The Labute approximate surface area is 202 Å². The first-order valence-corrected chi connectivity index (χ1v) is 11.7. The minimum Gasteiger partial charge on any atom is -0.358 e. The monoisotopic (exact) mass is 486 g/mol. The molecule has 0 aliphatic carbocycles. The van der Waals surface area contributed by atoms with Gasteiger partial charge in [-0.25, -0.2) is 0 Å². The number of amides is 1. The molecule has 1 aliphatic rings. The van der Waals surface area contributed by atoms with Crippen LogP contribution in [0.15, 0.2) is 34.0 Å². The molecule has 1 saturated heterocycles. The number of benzene rings is 1. The second-order valence-electron chi connectivity index (χ2n) is 7.24. The third kappa shape index (κ3) is 4.33. The molecular weight excluding hydrogens is 464 g/mol. The summed E-state index contributed by atoms with van der Waals surface area (Å²) < 4.78 is 1.92. The van der Waals surface area contributed by atoms with E-state index in [1.165, 1.54) is 21.2 Å². The highest BCUT2D eigenvalue weighted by atomic mass is 35.5. The quantitative estimate of drug-likeness (QED) is 0.443. The summed E-state index contributed by atoms with van der Waals surface area (Å²) in [5.74, 6) is 0.449. The fourth-order valence-corrected chi connectivity index (χ4v) is 5.11. The molecule has 0 radical (unpaired) electrons. The molecule has 1 aromatic carbocycles. The molecule has 0 spiro atoms. The fourth-order valence-electron chi connectivity index (χ4n) is 3.68. The van der Waals surface area contributed by atoms with Gasteiger partial charge in [0.15, 0.2) is 0 Å². The lowest BCUT2D eigenvalue weighted by atomic mass is 10.0. The second kappa shape index (κ2) is 9.90. The van der Waals surface area contributed by atoms with Gasteiger partial charge in [0.25, 0.3) is 11.5 Å². The predicted octanol–water partition coefficient (Wildman–Crippen LogP) is 4.47. The summed E-state index contributed by atoms with van der Waals surface area (Å²) in [6.07, 6.45) is 1.75. The summed E-state index contributed by atoms with van der Waals surface area (Å²) in [6, 6.07) is 9.35. The van der Waals surface area contributed by atoms with Gasteiger partial charge in [-0.2, -0.15) is 5.26 Å². The molecule has 1 aliphatic heterocycles. The number of aromatic nitrogens is 1. The Morgan fingerprint density at radius 2 is 1.91 bits per heavy atom. The second-order valence-corrected chi connectivity index (χ2v) is 9.33. The van der Waals surface area contributed by atoms with E-state index in [9.17, 15) is 14.9 Å². The molecule has 1 fully saturated rings. The molecule has 32 heavy (non-hydrogen) atoms. The van der Waals surface area contributed by atoms with Crippen molar-refractivity contribution in [1.29, 1.82) is 5.26 Å². The Bertz CT molecular complexity index is 1230. The molecule has 166 valence electrons. The van der Waals surface area contributed by atoms with E-state index in [-0.39, 0.29) is 23.6 Å². The first-order chi connectivity index (χ1) is 15.2. The molecular formula is C23H23ClN4O2S2. The molecule has 0 saturated carbocycles. The van der Waals surface area contributed by atoms with Crippen LogP contribution in [0.3, 0.4) is 0 Å². The van der Waals surface area contributed by atoms with Crippen LogP contribution >= 0.6 is 35.6 Å². The van der Waals surface area contributed by atoms with Gasteiger partial charge in [-0.1, -0.05) is 53.8 Å². The summed E-state index contributed by atoms with van der Waals surface area (Å²) in [6.45, 7) is 7.35. The summed E-state index contributed by atoms with van der Waals surface area (Å²) in [5, 5.41) is 10.1. The van der Waals surface area contributed by atoms with Gasteiger partial charge in [0.1, 0.15) is 21.8 Å². The van der Waals surface area contributed by atoms with Crippen molar-refractivity contribution < 1.29 is 4.79 Å². The van der Waals surface area contributed by atoms with E-state index in [0.29, 0.717) is 44.3 Å². The van der Waals surface area contributed by atoms with E-state index in [0.717, 1.165) is 5.56 Å². The maximum absolute atomic E-state index is 13.2. The van der Waals surface area contributed by atoms with Crippen LogP contribution in [0.2, 0.25) is 5.02 Å². The third-order valence-electron chi connectivity index (χ3n) is 5.47. The number of halogens is 1. The number of anilines is 1. The molecule has 1 aromatic heterocycles. The van der Waals surface area contributed by atoms with Crippen molar-refractivity contribution in [3.8, 4) is 6.07 Å². The van der Waals surface area contributed by atoms with Crippen LogP contribution in [-0.2, 0) is 18.4 Å². The topological polar surface area (TPSA) is 69.3 Å². The van der Waals surface area contributed by atoms with E-state index >= 15 is 0 Å². The molecule has 0 unspecified atom stereocenters. The molecule has 3 rings (SSSR count). The van der Waals surface area contributed by atoms with E-state index in [1.807, 2.05) is 43.0 Å². The SMILES string of the molecule is CCN(CC)c1c(C=C2SC(=S)N(Cc3ccccc3Cl)C2=O)c(C)c(C#N)c(=O)n1C. The van der Waals surface area contributed by atoms with Crippen LogP contribution in [-0.4, -0.2) is 32.8 Å². The number of pyridine rings is 1. The number of thiocarbonyl (C=S) groups is 1. The summed E-state index contributed by atoms with van der Waals surface area (Å²) in [7, 11) is 1.65.